The lowest BCUT2D eigenvalue weighted by Gasteiger charge is -2.04. The molecule has 4 nitrogen and oxygen atoms in total. The number of nitrogens with two attached hydrogens (primary N) is 1. The third kappa shape index (κ3) is 3.38. The van der Waals surface area contributed by atoms with Crippen molar-refractivity contribution in [3.8, 4) is 0 Å². The molecule has 0 aliphatic heterocycles. The number of rotatable bonds is 6. The van der Waals surface area contributed by atoms with Crippen LogP contribution in [-0.4, -0.2) is 22.8 Å². The molecule has 1 aromatic rings. The average molecular weight is 197 g/mol. The predicted molar refractivity (Wildman–Crippen MR) is 57.1 cm³/mol. The maximum atomic E-state index is 5.69. The summed E-state index contributed by atoms with van der Waals surface area (Å²) in [6.45, 7) is 6.58. The largest absolute Gasteiger partial charge is 0.381 e. The molecule has 1 heterocycles. The second-order valence-corrected chi connectivity index (χ2v) is 3.40. The van der Waals surface area contributed by atoms with Crippen LogP contribution in [0.1, 0.15) is 25.5 Å². The van der Waals surface area contributed by atoms with E-state index in [0.29, 0.717) is 5.95 Å². The fourth-order valence-corrected chi connectivity index (χ4v) is 1.33. The second-order valence-electron chi connectivity index (χ2n) is 3.40. The lowest BCUT2D eigenvalue weighted by Crippen LogP contribution is -2.05. The molecule has 0 saturated carbocycles. The van der Waals surface area contributed by atoms with Gasteiger partial charge in [0.2, 0.25) is 0 Å². The predicted octanol–water partition coefficient (Wildman–Crippen LogP) is 1.59. The van der Waals surface area contributed by atoms with Crippen LogP contribution in [0, 0.1) is 6.92 Å². The van der Waals surface area contributed by atoms with Crippen molar-refractivity contribution in [2.45, 2.75) is 33.2 Å². The molecule has 0 radical (unpaired) electrons. The molecule has 14 heavy (non-hydrogen) atoms. The molecular weight excluding hydrogens is 178 g/mol. The minimum Gasteiger partial charge on any atom is -0.381 e. The van der Waals surface area contributed by atoms with Gasteiger partial charge in [-0.1, -0.05) is 6.92 Å². The summed E-state index contributed by atoms with van der Waals surface area (Å²) < 4.78 is 7.34. The molecule has 0 aliphatic carbocycles. The van der Waals surface area contributed by atoms with Crippen molar-refractivity contribution in [2.75, 3.05) is 18.9 Å². The number of nitrogens with zero attached hydrogens (tertiary/aromatic N) is 2. The Bertz CT molecular complexity index is 270. The fourth-order valence-electron chi connectivity index (χ4n) is 1.33. The molecule has 4 heteroatoms. The lowest BCUT2D eigenvalue weighted by atomic mass is 10.4. The zero-order valence-corrected chi connectivity index (χ0v) is 8.99. The van der Waals surface area contributed by atoms with Gasteiger partial charge in [0.05, 0.1) is 5.69 Å². The quantitative estimate of drug-likeness (QED) is 0.705. The van der Waals surface area contributed by atoms with E-state index in [-0.39, 0.29) is 0 Å². The van der Waals surface area contributed by atoms with Crippen molar-refractivity contribution in [2.24, 2.45) is 0 Å². The van der Waals surface area contributed by atoms with Gasteiger partial charge in [0.15, 0.2) is 5.95 Å². The summed E-state index contributed by atoms with van der Waals surface area (Å²) in [6, 6.07) is 0. The van der Waals surface area contributed by atoms with Crippen molar-refractivity contribution in [1.29, 1.82) is 0 Å². The van der Waals surface area contributed by atoms with E-state index in [2.05, 4.69) is 11.9 Å². The number of ether oxygens (including phenoxy) is 1. The molecule has 0 aromatic carbocycles. The summed E-state index contributed by atoms with van der Waals surface area (Å²) in [5.41, 5.74) is 6.66. The molecule has 2 N–H and O–H groups in total. The summed E-state index contributed by atoms with van der Waals surface area (Å²) in [5.74, 6) is 0.595. The van der Waals surface area contributed by atoms with Crippen LogP contribution in [0.3, 0.4) is 0 Å². The fraction of sp³-hybridized carbons (Fsp3) is 0.700. The zero-order valence-electron chi connectivity index (χ0n) is 8.99. The third-order valence-corrected chi connectivity index (χ3v) is 1.96. The van der Waals surface area contributed by atoms with Gasteiger partial charge in [-0.25, -0.2) is 4.98 Å². The maximum absolute atomic E-state index is 5.69. The standard InChI is InChI=1S/C10H19N3O/c1-3-6-14-7-4-5-13-8-9(2)12-10(13)11/h8H,3-7H2,1-2H3,(H2,11,12). The van der Waals surface area contributed by atoms with Gasteiger partial charge in [0, 0.05) is 26.0 Å². The summed E-state index contributed by atoms with van der Waals surface area (Å²) >= 11 is 0. The Morgan fingerprint density at radius 3 is 2.86 bits per heavy atom. The highest BCUT2D eigenvalue weighted by atomic mass is 16.5. The van der Waals surface area contributed by atoms with Crippen molar-refractivity contribution >= 4 is 5.95 Å². The van der Waals surface area contributed by atoms with Crippen LogP contribution in [0.15, 0.2) is 6.20 Å². The first-order valence-corrected chi connectivity index (χ1v) is 5.11. The SMILES string of the molecule is CCCOCCCn1cc(C)nc1N. The maximum Gasteiger partial charge on any atom is 0.200 e. The minimum atomic E-state index is 0.595. The highest BCUT2D eigenvalue weighted by molar-refractivity contribution is 5.20. The number of hydrogen-bond donors (Lipinski definition) is 1. The molecule has 0 aliphatic rings. The Balaban J connectivity index is 2.21. The Kier molecular flexibility index (Phi) is 4.46. The monoisotopic (exact) mass is 197 g/mol. The van der Waals surface area contributed by atoms with Crippen LogP contribution in [-0.2, 0) is 11.3 Å². The highest BCUT2D eigenvalue weighted by Gasteiger charge is 2.00. The van der Waals surface area contributed by atoms with Gasteiger partial charge >= 0.3 is 0 Å². The van der Waals surface area contributed by atoms with Gasteiger partial charge in [-0.3, -0.25) is 0 Å². The van der Waals surface area contributed by atoms with E-state index < -0.39 is 0 Å². The second kappa shape index (κ2) is 5.65. The summed E-state index contributed by atoms with van der Waals surface area (Å²) in [4.78, 5) is 4.13. The smallest absolute Gasteiger partial charge is 0.200 e. The summed E-state index contributed by atoms with van der Waals surface area (Å²) in [5, 5.41) is 0. The molecule has 80 valence electrons. The topological polar surface area (TPSA) is 53.1 Å². The van der Waals surface area contributed by atoms with Gasteiger partial charge < -0.3 is 15.0 Å². The molecule has 0 bridgehead atoms. The molecule has 0 spiro atoms. The summed E-state index contributed by atoms with van der Waals surface area (Å²) in [6.07, 6.45) is 4.03. The van der Waals surface area contributed by atoms with E-state index in [0.717, 1.165) is 38.3 Å². The first-order valence-electron chi connectivity index (χ1n) is 5.11. The third-order valence-electron chi connectivity index (χ3n) is 1.96. The van der Waals surface area contributed by atoms with E-state index >= 15 is 0 Å². The van der Waals surface area contributed by atoms with Crippen LogP contribution in [0.25, 0.3) is 0 Å². The number of aryl methyl sites for hydroxylation is 2. The number of imidazole rings is 1. The first kappa shape index (κ1) is 11.0. The number of anilines is 1. The van der Waals surface area contributed by atoms with Gasteiger partial charge in [0.1, 0.15) is 0 Å². The van der Waals surface area contributed by atoms with Gasteiger partial charge in [0.25, 0.3) is 0 Å². The van der Waals surface area contributed by atoms with Crippen molar-refractivity contribution in [3.63, 3.8) is 0 Å². The van der Waals surface area contributed by atoms with Gasteiger partial charge in [-0.2, -0.15) is 0 Å². The van der Waals surface area contributed by atoms with E-state index in [1.807, 2.05) is 17.7 Å². The first-order chi connectivity index (χ1) is 6.74. The molecule has 0 unspecified atom stereocenters. The highest BCUT2D eigenvalue weighted by Crippen LogP contribution is 2.04. The summed E-state index contributed by atoms with van der Waals surface area (Å²) in [7, 11) is 0. The molecule has 0 atom stereocenters. The Hall–Kier alpha value is -1.03. The molecule has 1 rings (SSSR count). The van der Waals surface area contributed by atoms with Crippen molar-refractivity contribution < 1.29 is 4.74 Å². The van der Waals surface area contributed by atoms with Crippen molar-refractivity contribution in [3.05, 3.63) is 11.9 Å². The van der Waals surface area contributed by atoms with Crippen LogP contribution in [0.2, 0.25) is 0 Å². The van der Waals surface area contributed by atoms with Gasteiger partial charge in [-0.05, 0) is 19.8 Å². The normalized spacial score (nSPS) is 10.7. The van der Waals surface area contributed by atoms with Crippen LogP contribution < -0.4 is 5.73 Å². The van der Waals surface area contributed by atoms with Crippen LogP contribution in [0.5, 0.6) is 0 Å². The average Bonchev–Trinajstić information content (AvgIpc) is 2.45. The zero-order chi connectivity index (χ0) is 10.4. The minimum absolute atomic E-state index is 0.595. The Morgan fingerprint density at radius 1 is 1.50 bits per heavy atom. The van der Waals surface area contributed by atoms with Crippen LogP contribution >= 0.6 is 0 Å². The number of aromatic nitrogens is 2. The number of nitrogen functional groups attached to an aromatic ring is 1. The van der Waals surface area contributed by atoms with Crippen LogP contribution in [0.4, 0.5) is 5.95 Å². The molecule has 0 amide bonds. The van der Waals surface area contributed by atoms with Gasteiger partial charge in [-0.15, -0.1) is 0 Å². The lowest BCUT2D eigenvalue weighted by molar-refractivity contribution is 0.129. The Labute approximate surface area is 85.1 Å². The van der Waals surface area contributed by atoms with E-state index in [1.165, 1.54) is 0 Å². The van der Waals surface area contributed by atoms with E-state index in [4.69, 9.17) is 10.5 Å². The van der Waals surface area contributed by atoms with E-state index in [1.54, 1.807) is 0 Å². The van der Waals surface area contributed by atoms with E-state index in [9.17, 15) is 0 Å². The Morgan fingerprint density at radius 2 is 2.29 bits per heavy atom. The number of hydrogen-bond acceptors (Lipinski definition) is 3. The molecule has 0 saturated heterocycles. The van der Waals surface area contributed by atoms with Crippen molar-refractivity contribution in [1.82, 2.24) is 9.55 Å². The molecule has 0 fully saturated rings. The molecule has 1 aromatic heterocycles. The molecular formula is C10H19N3O.